The second-order valence-corrected chi connectivity index (χ2v) is 10.7. The third kappa shape index (κ3) is 4.79. The molecule has 30 heavy (non-hydrogen) atoms. The highest BCUT2D eigenvalue weighted by molar-refractivity contribution is 5.35. The van der Waals surface area contributed by atoms with Gasteiger partial charge in [0.05, 0.1) is 0 Å². The van der Waals surface area contributed by atoms with Crippen molar-refractivity contribution in [2.24, 2.45) is 29.1 Å². The second-order valence-electron chi connectivity index (χ2n) is 10.7. The van der Waals surface area contributed by atoms with E-state index in [1.165, 1.54) is 82.6 Å². The van der Waals surface area contributed by atoms with Crippen molar-refractivity contribution in [3.63, 3.8) is 0 Å². The Morgan fingerprint density at radius 1 is 0.667 bits per heavy atom. The van der Waals surface area contributed by atoms with Gasteiger partial charge in [-0.2, -0.15) is 0 Å². The average Bonchev–Trinajstić information content (AvgIpc) is 2.81. The van der Waals surface area contributed by atoms with Gasteiger partial charge in [0.25, 0.3) is 0 Å². The van der Waals surface area contributed by atoms with Gasteiger partial charge in [-0.05, 0) is 54.9 Å². The fraction of sp³-hybridized carbons (Fsp3) is 0.667. The third-order valence-electron chi connectivity index (χ3n) is 8.87. The van der Waals surface area contributed by atoms with Crippen molar-refractivity contribution in [2.75, 3.05) is 0 Å². The lowest BCUT2D eigenvalue weighted by Gasteiger charge is -2.49. The molecule has 0 nitrogen and oxygen atoms in total. The van der Waals surface area contributed by atoms with Crippen LogP contribution >= 0.6 is 0 Å². The van der Waals surface area contributed by atoms with Crippen LogP contribution in [0.4, 0.5) is 0 Å². The molecule has 4 rings (SSSR count). The molecule has 0 bridgehead atoms. The van der Waals surface area contributed by atoms with Crippen molar-refractivity contribution >= 4 is 0 Å². The molecule has 0 amide bonds. The molecule has 0 saturated heterocycles. The minimum Gasteiger partial charge on any atom is -0.0771 e. The normalized spacial score (nSPS) is 31.7. The van der Waals surface area contributed by atoms with Crippen LogP contribution in [0.25, 0.3) is 0 Å². The van der Waals surface area contributed by atoms with Crippen molar-refractivity contribution < 1.29 is 0 Å². The second kappa shape index (κ2) is 10.3. The maximum absolute atomic E-state index is 2.71. The summed E-state index contributed by atoms with van der Waals surface area (Å²) in [6, 6.07) is 11.1. The zero-order valence-corrected chi connectivity index (χ0v) is 19.6. The molecule has 1 aromatic carbocycles. The van der Waals surface area contributed by atoms with Crippen molar-refractivity contribution in [1.82, 2.24) is 0 Å². The first kappa shape index (κ1) is 21.9. The van der Waals surface area contributed by atoms with Gasteiger partial charge >= 0.3 is 0 Å². The molecule has 0 aliphatic heterocycles. The summed E-state index contributed by atoms with van der Waals surface area (Å²) in [4.78, 5) is 0. The average molecular weight is 405 g/mol. The van der Waals surface area contributed by atoms with Crippen LogP contribution in [0.5, 0.6) is 0 Å². The van der Waals surface area contributed by atoms with E-state index in [9.17, 15) is 0 Å². The molecular weight excluding hydrogens is 360 g/mol. The zero-order chi connectivity index (χ0) is 20.8. The highest BCUT2D eigenvalue weighted by Gasteiger charge is 2.44. The van der Waals surface area contributed by atoms with Gasteiger partial charge in [-0.1, -0.05) is 120 Å². The molecule has 0 atom stereocenters. The van der Waals surface area contributed by atoms with Crippen LogP contribution in [-0.2, 0) is 0 Å². The van der Waals surface area contributed by atoms with E-state index < -0.39 is 0 Å². The van der Waals surface area contributed by atoms with Crippen molar-refractivity contribution in [3.05, 3.63) is 60.2 Å². The first-order valence-electron chi connectivity index (χ1n) is 13.2. The largest absolute Gasteiger partial charge is 0.0771 e. The highest BCUT2D eigenvalue weighted by atomic mass is 14.5. The zero-order valence-electron chi connectivity index (χ0n) is 19.6. The van der Waals surface area contributed by atoms with E-state index in [0.29, 0.717) is 11.3 Å². The predicted molar refractivity (Wildman–Crippen MR) is 131 cm³/mol. The quantitative estimate of drug-likeness (QED) is 0.397. The molecule has 164 valence electrons. The molecule has 3 aliphatic rings. The van der Waals surface area contributed by atoms with E-state index in [1.54, 1.807) is 0 Å². The molecule has 0 aromatic heterocycles. The molecule has 0 unspecified atom stereocenters. The van der Waals surface area contributed by atoms with Crippen molar-refractivity contribution in [1.29, 1.82) is 0 Å². The molecule has 3 aliphatic carbocycles. The van der Waals surface area contributed by atoms with E-state index in [1.807, 2.05) is 0 Å². The molecule has 0 N–H and O–H groups in total. The molecule has 0 heterocycles. The lowest BCUT2D eigenvalue weighted by molar-refractivity contribution is 0.0827. The van der Waals surface area contributed by atoms with Gasteiger partial charge in [0, 0.05) is 11.3 Å². The van der Waals surface area contributed by atoms with E-state index in [0.717, 1.165) is 23.7 Å². The number of allylic oxidation sites excluding steroid dienone is 4. The van der Waals surface area contributed by atoms with Gasteiger partial charge in [0.1, 0.15) is 0 Å². The number of hydrogen-bond donors (Lipinski definition) is 0. The number of rotatable bonds is 7. The molecule has 2 fully saturated rings. The maximum atomic E-state index is 2.71. The monoisotopic (exact) mass is 404 g/mol. The van der Waals surface area contributed by atoms with Crippen LogP contribution < -0.4 is 0 Å². The Labute approximate surface area is 186 Å². The Balaban J connectivity index is 1.52. The lowest BCUT2D eigenvalue weighted by Crippen LogP contribution is -2.40. The summed E-state index contributed by atoms with van der Waals surface area (Å²) in [7, 11) is 0. The van der Waals surface area contributed by atoms with Crippen molar-refractivity contribution in [2.45, 2.75) is 96.8 Å². The molecule has 2 saturated carbocycles. The van der Waals surface area contributed by atoms with E-state index in [-0.39, 0.29) is 0 Å². The van der Waals surface area contributed by atoms with Gasteiger partial charge < -0.3 is 0 Å². The molecule has 0 spiro atoms. The van der Waals surface area contributed by atoms with E-state index >= 15 is 0 Å². The fourth-order valence-electron chi connectivity index (χ4n) is 7.15. The van der Waals surface area contributed by atoms with Crippen LogP contribution in [0, 0.1) is 29.1 Å². The van der Waals surface area contributed by atoms with Crippen LogP contribution in [-0.4, -0.2) is 0 Å². The summed E-state index contributed by atoms with van der Waals surface area (Å²) in [6.07, 6.45) is 27.8. The van der Waals surface area contributed by atoms with Crippen LogP contribution in [0.3, 0.4) is 0 Å². The Hall–Kier alpha value is -1.30. The smallest absolute Gasteiger partial charge is 0.0199 e. The SMILES string of the molecule is CCC[C@H]1CC[C@H](C2([C@H]3CC[C@H](CCC)CC3)C=CC(c3ccccc3)C=C2)CC1. The first-order valence-corrected chi connectivity index (χ1v) is 13.2. The molecule has 0 heteroatoms. The summed E-state index contributed by atoms with van der Waals surface area (Å²) in [5.41, 5.74) is 1.77. The predicted octanol–water partition coefficient (Wildman–Crippen LogP) is 9.10. The summed E-state index contributed by atoms with van der Waals surface area (Å²) >= 11 is 0. The van der Waals surface area contributed by atoms with Crippen LogP contribution in [0.2, 0.25) is 0 Å². The van der Waals surface area contributed by atoms with E-state index in [2.05, 4.69) is 68.5 Å². The Morgan fingerprint density at radius 2 is 1.13 bits per heavy atom. The fourth-order valence-corrected chi connectivity index (χ4v) is 7.15. The summed E-state index contributed by atoms with van der Waals surface area (Å²) in [5.74, 6) is 4.19. The Bertz CT molecular complexity index is 638. The van der Waals surface area contributed by atoms with E-state index in [4.69, 9.17) is 0 Å². The number of benzene rings is 1. The van der Waals surface area contributed by atoms with Gasteiger partial charge in [0.2, 0.25) is 0 Å². The molecule has 1 aromatic rings. The van der Waals surface area contributed by atoms with Gasteiger partial charge in [0.15, 0.2) is 0 Å². The maximum Gasteiger partial charge on any atom is 0.0199 e. The first-order chi connectivity index (χ1) is 14.7. The molecular formula is C30H44. The van der Waals surface area contributed by atoms with Gasteiger partial charge in [-0.25, -0.2) is 0 Å². The standard InChI is InChI=1S/C30H44/c1-3-8-24-12-16-28(17-13-24)30(29-18-14-25(9-4-2)15-19-29)22-20-27(21-23-30)26-10-6-5-7-11-26/h5-7,10-11,20-25,27-29H,3-4,8-9,12-19H2,1-2H3/t24-,25-,28-,29-. The van der Waals surface area contributed by atoms with Crippen molar-refractivity contribution in [3.8, 4) is 0 Å². The molecule has 0 radical (unpaired) electrons. The minimum absolute atomic E-state index is 0.333. The van der Waals surface area contributed by atoms with Gasteiger partial charge in [-0.3, -0.25) is 0 Å². The topological polar surface area (TPSA) is 0 Å². The third-order valence-corrected chi connectivity index (χ3v) is 8.87. The Morgan fingerprint density at radius 3 is 1.57 bits per heavy atom. The Kier molecular flexibility index (Phi) is 7.55. The summed E-state index contributed by atoms with van der Waals surface area (Å²) in [6.45, 7) is 4.72. The lowest BCUT2D eigenvalue weighted by atomic mass is 9.55. The summed E-state index contributed by atoms with van der Waals surface area (Å²) in [5, 5.41) is 0. The highest BCUT2D eigenvalue weighted by Crippen LogP contribution is 2.54. The minimum atomic E-state index is 0.333. The summed E-state index contributed by atoms with van der Waals surface area (Å²) < 4.78 is 0. The van der Waals surface area contributed by atoms with Gasteiger partial charge in [-0.15, -0.1) is 0 Å². The van der Waals surface area contributed by atoms with Crippen LogP contribution in [0.15, 0.2) is 54.6 Å². The van der Waals surface area contributed by atoms with Crippen LogP contribution in [0.1, 0.15) is 102 Å². The number of hydrogen-bond acceptors (Lipinski definition) is 0.